The zero-order valence-electron chi connectivity index (χ0n) is 21.5. The first-order chi connectivity index (χ1) is 16.8. The number of amides is 3. The predicted octanol–water partition coefficient (Wildman–Crippen LogP) is 3.70. The summed E-state index contributed by atoms with van der Waals surface area (Å²) < 4.78 is 5.35. The van der Waals surface area contributed by atoms with Crippen molar-refractivity contribution < 1.29 is 14.3 Å². The van der Waals surface area contributed by atoms with Crippen molar-refractivity contribution in [3.05, 3.63) is 36.0 Å². The van der Waals surface area contributed by atoms with E-state index in [4.69, 9.17) is 4.74 Å². The summed E-state index contributed by atoms with van der Waals surface area (Å²) in [6, 6.07) is 8.31. The smallest absolute Gasteiger partial charge is 0.315 e. The molecule has 192 valence electrons. The van der Waals surface area contributed by atoms with E-state index in [0.717, 1.165) is 31.2 Å². The molecule has 0 bridgehead atoms. The van der Waals surface area contributed by atoms with Crippen LogP contribution in [0.4, 0.5) is 4.79 Å². The quantitative estimate of drug-likeness (QED) is 0.409. The fourth-order valence-corrected chi connectivity index (χ4v) is 5.19. The van der Waals surface area contributed by atoms with Gasteiger partial charge in [0.2, 0.25) is 5.91 Å². The Morgan fingerprint density at radius 2 is 1.97 bits per heavy atom. The minimum atomic E-state index is -0.307. The van der Waals surface area contributed by atoms with Crippen LogP contribution in [0.2, 0.25) is 0 Å². The lowest BCUT2D eigenvalue weighted by Gasteiger charge is -2.38. The zero-order valence-corrected chi connectivity index (χ0v) is 21.5. The van der Waals surface area contributed by atoms with Crippen LogP contribution in [0.15, 0.2) is 30.5 Å². The molecule has 4 rings (SSSR count). The van der Waals surface area contributed by atoms with Crippen LogP contribution in [-0.4, -0.2) is 66.3 Å². The van der Waals surface area contributed by atoms with E-state index in [-0.39, 0.29) is 41.5 Å². The van der Waals surface area contributed by atoms with E-state index < -0.39 is 0 Å². The monoisotopic (exact) mass is 483 g/mol. The van der Waals surface area contributed by atoms with Crippen molar-refractivity contribution in [1.29, 1.82) is 0 Å². The average molecular weight is 484 g/mol. The maximum Gasteiger partial charge on any atom is 0.315 e. The minimum Gasteiger partial charge on any atom is -0.385 e. The Morgan fingerprint density at radius 3 is 2.69 bits per heavy atom. The van der Waals surface area contributed by atoms with Gasteiger partial charge >= 0.3 is 6.03 Å². The molecule has 1 aliphatic heterocycles. The molecule has 4 N–H and O–H groups in total. The van der Waals surface area contributed by atoms with E-state index in [0.29, 0.717) is 26.1 Å². The van der Waals surface area contributed by atoms with Gasteiger partial charge in [-0.05, 0) is 64.5 Å². The van der Waals surface area contributed by atoms with E-state index in [9.17, 15) is 9.59 Å². The number of benzene rings is 1. The lowest BCUT2D eigenvalue weighted by molar-refractivity contribution is -0.140. The molecule has 2 fully saturated rings. The van der Waals surface area contributed by atoms with Gasteiger partial charge in [-0.15, -0.1) is 0 Å². The lowest BCUT2D eigenvalue weighted by Crippen LogP contribution is -2.56. The van der Waals surface area contributed by atoms with E-state index >= 15 is 0 Å². The Morgan fingerprint density at radius 1 is 1.20 bits per heavy atom. The van der Waals surface area contributed by atoms with Gasteiger partial charge in [0.25, 0.3) is 0 Å². The highest BCUT2D eigenvalue weighted by Gasteiger charge is 2.42. The van der Waals surface area contributed by atoms with Gasteiger partial charge in [0, 0.05) is 61.5 Å². The second-order valence-electron chi connectivity index (χ2n) is 11.1. The Kier molecular flexibility index (Phi) is 8.02. The van der Waals surface area contributed by atoms with Gasteiger partial charge in [-0.3, -0.25) is 4.79 Å². The lowest BCUT2D eigenvalue weighted by atomic mass is 9.92. The highest BCUT2D eigenvalue weighted by molar-refractivity contribution is 5.86. The SMILES string of the molecule is COCCCC(c1c[nH]c2ccccc12)N(C(=O)[C@H]1CNC[C@@H](NC(=O)NC(C)(C)C)C1)C1CC1. The number of nitrogens with zero attached hydrogens (tertiary/aromatic N) is 1. The highest BCUT2D eigenvalue weighted by atomic mass is 16.5. The summed E-state index contributed by atoms with van der Waals surface area (Å²) in [6.45, 7) is 7.86. The van der Waals surface area contributed by atoms with Crippen LogP contribution < -0.4 is 16.0 Å². The number of carbonyl (C=O) groups is 2. The molecule has 2 heterocycles. The van der Waals surface area contributed by atoms with Crippen LogP contribution in [0, 0.1) is 5.92 Å². The molecular weight excluding hydrogens is 442 g/mol. The molecule has 1 saturated heterocycles. The first-order valence-corrected chi connectivity index (χ1v) is 12.9. The largest absolute Gasteiger partial charge is 0.385 e. The summed E-state index contributed by atoms with van der Waals surface area (Å²) in [5.41, 5.74) is 1.97. The van der Waals surface area contributed by atoms with Crippen LogP contribution in [0.1, 0.15) is 64.5 Å². The van der Waals surface area contributed by atoms with Crippen LogP contribution >= 0.6 is 0 Å². The molecule has 1 aromatic heterocycles. The number of urea groups is 1. The summed E-state index contributed by atoms with van der Waals surface area (Å²) in [4.78, 5) is 32.1. The van der Waals surface area contributed by atoms with Gasteiger partial charge < -0.3 is 30.6 Å². The number of nitrogens with one attached hydrogen (secondary N) is 4. The Hall–Kier alpha value is -2.58. The first-order valence-electron chi connectivity index (χ1n) is 12.9. The maximum atomic E-state index is 14.1. The number of hydrogen-bond acceptors (Lipinski definition) is 4. The molecule has 8 nitrogen and oxygen atoms in total. The molecule has 1 saturated carbocycles. The summed E-state index contributed by atoms with van der Waals surface area (Å²) in [5.74, 6) is 0.0230. The van der Waals surface area contributed by atoms with Crippen LogP contribution in [0.25, 0.3) is 10.9 Å². The third kappa shape index (κ3) is 6.55. The number of H-pyrrole nitrogens is 1. The van der Waals surface area contributed by atoms with Gasteiger partial charge in [-0.1, -0.05) is 18.2 Å². The van der Waals surface area contributed by atoms with Crippen molar-refractivity contribution in [1.82, 2.24) is 25.8 Å². The van der Waals surface area contributed by atoms with Gasteiger partial charge in [-0.25, -0.2) is 4.79 Å². The van der Waals surface area contributed by atoms with Crippen molar-refractivity contribution in [2.75, 3.05) is 26.8 Å². The number of ether oxygens (including phenoxy) is 1. The highest BCUT2D eigenvalue weighted by Crippen LogP contribution is 2.40. The second-order valence-corrected chi connectivity index (χ2v) is 11.1. The molecule has 2 aromatic rings. The summed E-state index contributed by atoms with van der Waals surface area (Å²) in [7, 11) is 1.72. The van der Waals surface area contributed by atoms with Crippen LogP contribution in [-0.2, 0) is 9.53 Å². The standard InChI is InChI=1S/C27H41N5O3/c1-27(2,3)31-26(34)30-19-14-18(15-28-16-19)25(33)32(20-11-12-20)24(10-7-13-35-4)22-17-29-23-9-6-5-8-21(22)23/h5-6,8-9,17-20,24,28-29H,7,10-16H2,1-4H3,(H2,30,31,34)/t18-,19+,24?/m1/s1. The van der Waals surface area contributed by atoms with Crippen LogP contribution in [0.5, 0.6) is 0 Å². The normalized spacial score (nSPS) is 21.5. The Labute approximate surface area is 208 Å². The molecule has 1 unspecified atom stereocenters. The second kappa shape index (κ2) is 11.0. The van der Waals surface area contributed by atoms with E-state index in [1.807, 2.05) is 26.8 Å². The number of aromatic nitrogens is 1. The molecule has 8 heteroatoms. The number of aromatic amines is 1. The van der Waals surface area contributed by atoms with E-state index in [1.165, 1.54) is 10.9 Å². The van der Waals surface area contributed by atoms with Crippen molar-refractivity contribution >= 4 is 22.8 Å². The fraction of sp³-hybridized carbons (Fsp3) is 0.630. The summed E-state index contributed by atoms with van der Waals surface area (Å²) >= 11 is 0. The fourth-order valence-electron chi connectivity index (χ4n) is 5.19. The number of carbonyl (C=O) groups excluding carboxylic acids is 2. The molecule has 35 heavy (non-hydrogen) atoms. The molecule has 3 amide bonds. The minimum absolute atomic E-state index is 0.00109. The van der Waals surface area contributed by atoms with Crippen molar-refractivity contribution in [3.63, 3.8) is 0 Å². The number of hydrogen-bond donors (Lipinski definition) is 4. The topological polar surface area (TPSA) is 98.5 Å². The molecular formula is C27H41N5O3. The van der Waals surface area contributed by atoms with Crippen molar-refractivity contribution in [2.24, 2.45) is 5.92 Å². The number of fused-ring (bicyclic) bond motifs is 1. The average Bonchev–Trinajstić information content (AvgIpc) is 3.55. The van der Waals surface area contributed by atoms with Gasteiger partial charge in [0.15, 0.2) is 0 Å². The number of para-hydroxylation sites is 1. The predicted molar refractivity (Wildman–Crippen MR) is 138 cm³/mol. The third-order valence-electron chi connectivity index (χ3n) is 6.86. The van der Waals surface area contributed by atoms with Gasteiger partial charge in [0.05, 0.1) is 12.0 Å². The molecule has 0 spiro atoms. The number of piperidine rings is 1. The molecule has 2 aliphatic rings. The molecule has 3 atom stereocenters. The van der Waals surface area contributed by atoms with E-state index in [2.05, 4.69) is 50.2 Å². The van der Waals surface area contributed by atoms with E-state index in [1.54, 1.807) is 7.11 Å². The number of rotatable bonds is 9. The molecule has 1 aromatic carbocycles. The third-order valence-corrected chi connectivity index (χ3v) is 6.86. The van der Waals surface area contributed by atoms with Crippen molar-refractivity contribution in [3.8, 4) is 0 Å². The van der Waals surface area contributed by atoms with Gasteiger partial charge in [-0.2, -0.15) is 0 Å². The molecule has 1 aliphatic carbocycles. The molecule has 0 radical (unpaired) electrons. The summed E-state index contributed by atoms with van der Waals surface area (Å²) in [5, 5.41) is 10.6. The zero-order chi connectivity index (χ0) is 25.0. The number of methoxy groups -OCH3 is 1. The van der Waals surface area contributed by atoms with Crippen molar-refractivity contribution in [2.45, 2.75) is 76.5 Å². The maximum absolute atomic E-state index is 14.1. The van der Waals surface area contributed by atoms with Gasteiger partial charge in [0.1, 0.15) is 0 Å². The van der Waals surface area contributed by atoms with Crippen LogP contribution in [0.3, 0.4) is 0 Å². The Bertz CT molecular complexity index is 1010. The Balaban J connectivity index is 1.53. The first kappa shape index (κ1) is 25.5. The summed E-state index contributed by atoms with van der Waals surface area (Å²) in [6.07, 6.45) is 6.55.